The molecule has 0 saturated heterocycles. The molecule has 1 aromatic rings. The molecule has 7 heteroatoms. The van der Waals surface area contributed by atoms with Crippen LogP contribution in [0.2, 0.25) is 0 Å². The minimum atomic E-state index is -1.26. The first-order chi connectivity index (χ1) is 9.62. The quantitative estimate of drug-likeness (QED) is 0.526. The van der Waals surface area contributed by atoms with E-state index >= 15 is 0 Å². The Hall–Kier alpha value is -2.15. The van der Waals surface area contributed by atoms with E-state index in [4.69, 9.17) is 5.11 Å². The number of nitrogens with one attached hydrogen (secondary N) is 1. The first kappa shape index (κ1) is 16.9. The molecular formula is C14H20N2O5. The van der Waals surface area contributed by atoms with Gasteiger partial charge in [-0.1, -0.05) is 13.8 Å². The fourth-order valence-electron chi connectivity index (χ4n) is 2.21. The highest BCUT2D eigenvalue weighted by atomic mass is 16.6. The van der Waals surface area contributed by atoms with Gasteiger partial charge in [-0.2, -0.15) is 0 Å². The number of non-ortho nitro benzene ring substituents is 1. The minimum Gasteiger partial charge on any atom is -0.478 e. The van der Waals surface area contributed by atoms with Crippen molar-refractivity contribution in [3.63, 3.8) is 0 Å². The molecule has 0 spiro atoms. The van der Waals surface area contributed by atoms with Crippen LogP contribution in [0.5, 0.6) is 0 Å². The van der Waals surface area contributed by atoms with Gasteiger partial charge in [-0.3, -0.25) is 10.1 Å². The number of nitro groups is 1. The van der Waals surface area contributed by atoms with Crippen molar-refractivity contribution >= 4 is 17.3 Å². The number of hydrogen-bond donors (Lipinski definition) is 3. The van der Waals surface area contributed by atoms with Gasteiger partial charge in [0, 0.05) is 24.4 Å². The standard InChI is InChI=1S/C14H20N2O5/c1-9(2)7-14(3,19)8-15-12-5-4-10(16(20)21)6-11(12)13(17)18/h4-6,9,15,19H,7-8H2,1-3H3,(H,17,18). The highest BCUT2D eigenvalue weighted by molar-refractivity contribution is 5.95. The van der Waals surface area contributed by atoms with Gasteiger partial charge in [0.1, 0.15) is 0 Å². The second kappa shape index (κ2) is 6.53. The maximum atomic E-state index is 11.2. The third-order valence-corrected chi connectivity index (χ3v) is 2.95. The Morgan fingerprint density at radius 1 is 1.48 bits per heavy atom. The zero-order valence-electron chi connectivity index (χ0n) is 12.3. The number of aliphatic hydroxyl groups is 1. The molecule has 7 nitrogen and oxygen atoms in total. The van der Waals surface area contributed by atoms with Crippen molar-refractivity contribution in [1.82, 2.24) is 0 Å². The summed E-state index contributed by atoms with van der Waals surface area (Å²) in [5, 5.41) is 32.9. The number of nitrogens with zero attached hydrogens (tertiary/aromatic N) is 1. The summed E-state index contributed by atoms with van der Waals surface area (Å²) < 4.78 is 0. The number of hydrogen-bond acceptors (Lipinski definition) is 5. The summed E-state index contributed by atoms with van der Waals surface area (Å²) in [4.78, 5) is 21.2. The average molecular weight is 296 g/mol. The van der Waals surface area contributed by atoms with Gasteiger partial charge in [-0.15, -0.1) is 0 Å². The lowest BCUT2D eigenvalue weighted by atomic mass is 9.94. The fraction of sp³-hybridized carbons (Fsp3) is 0.500. The van der Waals surface area contributed by atoms with Crippen molar-refractivity contribution in [1.29, 1.82) is 0 Å². The van der Waals surface area contributed by atoms with Gasteiger partial charge in [-0.25, -0.2) is 4.79 Å². The Bertz CT molecular complexity index is 540. The summed E-state index contributed by atoms with van der Waals surface area (Å²) in [6.45, 7) is 5.77. The Morgan fingerprint density at radius 2 is 2.10 bits per heavy atom. The molecule has 0 saturated carbocycles. The van der Waals surface area contributed by atoms with Gasteiger partial charge in [0.25, 0.3) is 5.69 Å². The molecule has 1 atom stereocenters. The summed E-state index contributed by atoms with van der Waals surface area (Å²) in [5.74, 6) is -0.970. The maximum absolute atomic E-state index is 11.2. The summed E-state index contributed by atoms with van der Waals surface area (Å²) in [5.41, 5.74) is -1.22. The average Bonchev–Trinajstić information content (AvgIpc) is 2.34. The van der Waals surface area contributed by atoms with Gasteiger partial charge >= 0.3 is 5.97 Å². The number of carboxylic acid groups (broad SMARTS) is 1. The first-order valence-corrected chi connectivity index (χ1v) is 6.60. The predicted molar refractivity (Wildman–Crippen MR) is 78.6 cm³/mol. The van der Waals surface area contributed by atoms with E-state index in [1.807, 2.05) is 13.8 Å². The van der Waals surface area contributed by atoms with Crippen molar-refractivity contribution in [3.8, 4) is 0 Å². The summed E-state index contributed by atoms with van der Waals surface area (Å²) in [6, 6.07) is 3.57. The largest absolute Gasteiger partial charge is 0.478 e. The number of aromatic carboxylic acids is 1. The van der Waals surface area contributed by atoms with Crippen LogP contribution in [-0.2, 0) is 0 Å². The first-order valence-electron chi connectivity index (χ1n) is 6.60. The summed E-state index contributed by atoms with van der Waals surface area (Å²) >= 11 is 0. The molecule has 1 aromatic carbocycles. The topological polar surface area (TPSA) is 113 Å². The number of carboxylic acids is 1. The molecule has 1 rings (SSSR count). The fourth-order valence-corrected chi connectivity index (χ4v) is 2.21. The second-order valence-corrected chi connectivity index (χ2v) is 5.74. The van der Waals surface area contributed by atoms with Crippen LogP contribution < -0.4 is 5.32 Å². The Kier molecular flexibility index (Phi) is 5.26. The number of nitro benzene ring substituents is 1. The third-order valence-electron chi connectivity index (χ3n) is 2.95. The van der Waals surface area contributed by atoms with E-state index in [0.29, 0.717) is 6.42 Å². The van der Waals surface area contributed by atoms with E-state index in [2.05, 4.69) is 5.32 Å². The molecule has 0 heterocycles. The van der Waals surface area contributed by atoms with E-state index in [-0.39, 0.29) is 29.4 Å². The normalized spacial score (nSPS) is 13.8. The molecule has 1 unspecified atom stereocenters. The lowest BCUT2D eigenvalue weighted by Gasteiger charge is -2.26. The summed E-state index contributed by atoms with van der Waals surface area (Å²) in [6.07, 6.45) is 0.551. The molecule has 116 valence electrons. The lowest BCUT2D eigenvalue weighted by Crippen LogP contribution is -2.35. The van der Waals surface area contributed by atoms with Crippen LogP contribution >= 0.6 is 0 Å². The number of benzene rings is 1. The lowest BCUT2D eigenvalue weighted by molar-refractivity contribution is -0.384. The maximum Gasteiger partial charge on any atom is 0.338 e. The van der Waals surface area contributed by atoms with Gasteiger partial charge < -0.3 is 15.5 Å². The van der Waals surface area contributed by atoms with Crippen LogP contribution in [0.15, 0.2) is 18.2 Å². The van der Waals surface area contributed by atoms with E-state index < -0.39 is 16.5 Å². The second-order valence-electron chi connectivity index (χ2n) is 5.74. The van der Waals surface area contributed by atoms with Crippen LogP contribution in [0.1, 0.15) is 37.6 Å². The molecule has 21 heavy (non-hydrogen) atoms. The molecule has 0 bridgehead atoms. The SMILES string of the molecule is CC(C)CC(C)(O)CNc1ccc([N+](=O)[O-])cc1C(=O)O. The van der Waals surface area contributed by atoms with Crippen LogP contribution in [0.3, 0.4) is 0 Å². The number of anilines is 1. The predicted octanol–water partition coefficient (Wildman–Crippen LogP) is 2.50. The molecular weight excluding hydrogens is 276 g/mol. The van der Waals surface area contributed by atoms with Crippen molar-refractivity contribution in [2.75, 3.05) is 11.9 Å². The molecule has 0 fully saturated rings. The molecule has 0 aromatic heterocycles. The Labute approximate surface area is 122 Å². The van der Waals surface area contributed by atoms with E-state index in [9.17, 15) is 20.0 Å². The van der Waals surface area contributed by atoms with Gasteiger partial charge in [0.2, 0.25) is 0 Å². The number of carbonyl (C=O) groups is 1. The third kappa shape index (κ3) is 5.03. The van der Waals surface area contributed by atoms with Gasteiger partial charge in [0.05, 0.1) is 16.1 Å². The molecule has 0 aliphatic rings. The van der Waals surface area contributed by atoms with Crippen LogP contribution in [0.4, 0.5) is 11.4 Å². The highest BCUT2D eigenvalue weighted by Gasteiger charge is 2.23. The number of rotatable bonds is 7. The van der Waals surface area contributed by atoms with Crippen molar-refractivity contribution in [2.45, 2.75) is 32.8 Å². The molecule has 0 radical (unpaired) electrons. The smallest absolute Gasteiger partial charge is 0.338 e. The minimum absolute atomic E-state index is 0.156. The molecule has 0 aliphatic heterocycles. The highest BCUT2D eigenvalue weighted by Crippen LogP contribution is 2.24. The molecule has 0 amide bonds. The molecule has 3 N–H and O–H groups in total. The Balaban J connectivity index is 2.93. The van der Waals surface area contributed by atoms with Crippen LogP contribution in [0.25, 0.3) is 0 Å². The zero-order chi connectivity index (χ0) is 16.2. The van der Waals surface area contributed by atoms with E-state index in [1.54, 1.807) is 6.92 Å². The van der Waals surface area contributed by atoms with Crippen LogP contribution in [0, 0.1) is 16.0 Å². The van der Waals surface area contributed by atoms with Crippen molar-refractivity contribution in [2.24, 2.45) is 5.92 Å². The summed E-state index contributed by atoms with van der Waals surface area (Å²) in [7, 11) is 0. The van der Waals surface area contributed by atoms with E-state index in [1.165, 1.54) is 12.1 Å². The van der Waals surface area contributed by atoms with Crippen molar-refractivity contribution in [3.05, 3.63) is 33.9 Å². The Morgan fingerprint density at radius 3 is 2.57 bits per heavy atom. The van der Waals surface area contributed by atoms with E-state index in [0.717, 1.165) is 6.07 Å². The van der Waals surface area contributed by atoms with Crippen LogP contribution in [-0.4, -0.2) is 33.3 Å². The van der Waals surface area contributed by atoms with Gasteiger partial charge in [0.15, 0.2) is 0 Å². The monoisotopic (exact) mass is 296 g/mol. The van der Waals surface area contributed by atoms with Crippen molar-refractivity contribution < 1.29 is 19.9 Å². The van der Waals surface area contributed by atoms with Gasteiger partial charge in [-0.05, 0) is 25.3 Å². The molecule has 0 aliphatic carbocycles. The zero-order valence-corrected chi connectivity index (χ0v) is 12.3.